The van der Waals surface area contributed by atoms with Crippen LogP contribution in [0.5, 0.6) is 0 Å². The topological polar surface area (TPSA) is 34.1 Å². The summed E-state index contributed by atoms with van der Waals surface area (Å²) in [6.45, 7) is 0. The Kier molecular flexibility index (Phi) is 2.84. The normalized spacial score (nSPS) is 10.1. The van der Waals surface area contributed by atoms with Crippen molar-refractivity contribution in [2.75, 3.05) is 0 Å². The van der Waals surface area contributed by atoms with Gasteiger partial charge in [-0.25, -0.2) is 8.78 Å². The van der Waals surface area contributed by atoms with E-state index in [4.69, 9.17) is 0 Å². The molecule has 4 heteroatoms. The first kappa shape index (κ1) is 9.51. The maximum atomic E-state index is 11.9. The van der Waals surface area contributed by atoms with Crippen LogP contribution in [0.15, 0.2) is 24.3 Å². The number of rotatable bonds is 3. The first-order valence-corrected chi connectivity index (χ1v) is 3.52. The summed E-state index contributed by atoms with van der Waals surface area (Å²) in [5.74, 6) is -1.22. The standard InChI is InChI=1S/C9H6F2O2/c10-9(11)8(13)7-3-1-6(5-12)2-4-7/h1-5,9H. The van der Waals surface area contributed by atoms with Gasteiger partial charge in [-0.15, -0.1) is 0 Å². The number of alkyl halides is 2. The fraction of sp³-hybridized carbons (Fsp3) is 0.111. The van der Waals surface area contributed by atoms with Crippen LogP contribution in [0, 0.1) is 0 Å². The Bertz CT molecular complexity index is 317. The zero-order valence-corrected chi connectivity index (χ0v) is 6.54. The van der Waals surface area contributed by atoms with Crippen LogP contribution in [0.4, 0.5) is 8.78 Å². The van der Waals surface area contributed by atoms with Crippen molar-refractivity contribution in [1.29, 1.82) is 0 Å². The van der Waals surface area contributed by atoms with Gasteiger partial charge < -0.3 is 0 Å². The Balaban J connectivity index is 2.92. The molecule has 68 valence electrons. The number of benzene rings is 1. The van der Waals surface area contributed by atoms with Crippen molar-refractivity contribution in [3.63, 3.8) is 0 Å². The van der Waals surface area contributed by atoms with E-state index in [-0.39, 0.29) is 5.56 Å². The highest BCUT2D eigenvalue weighted by Crippen LogP contribution is 2.08. The minimum atomic E-state index is -3.00. The molecule has 0 saturated carbocycles. The lowest BCUT2D eigenvalue weighted by atomic mass is 10.1. The molecule has 0 heterocycles. The molecular weight excluding hydrogens is 178 g/mol. The van der Waals surface area contributed by atoms with E-state index >= 15 is 0 Å². The molecule has 0 N–H and O–H groups in total. The molecular formula is C9H6F2O2. The van der Waals surface area contributed by atoms with Crippen molar-refractivity contribution in [3.8, 4) is 0 Å². The second kappa shape index (κ2) is 3.89. The molecule has 0 bridgehead atoms. The highest BCUT2D eigenvalue weighted by atomic mass is 19.3. The molecule has 0 aliphatic rings. The van der Waals surface area contributed by atoms with E-state index in [0.29, 0.717) is 11.8 Å². The van der Waals surface area contributed by atoms with Gasteiger partial charge in [0.25, 0.3) is 0 Å². The number of hydrogen-bond donors (Lipinski definition) is 0. The molecule has 0 amide bonds. The highest BCUT2D eigenvalue weighted by molar-refractivity contribution is 5.98. The Morgan fingerprint density at radius 2 is 1.77 bits per heavy atom. The number of hydrogen-bond acceptors (Lipinski definition) is 2. The summed E-state index contributed by atoms with van der Waals surface area (Å²) >= 11 is 0. The average Bonchev–Trinajstić information content (AvgIpc) is 2.17. The van der Waals surface area contributed by atoms with Crippen molar-refractivity contribution < 1.29 is 18.4 Å². The zero-order valence-electron chi connectivity index (χ0n) is 6.54. The second-order valence-electron chi connectivity index (χ2n) is 2.40. The lowest BCUT2D eigenvalue weighted by Crippen LogP contribution is -2.09. The van der Waals surface area contributed by atoms with E-state index in [1.54, 1.807) is 0 Å². The summed E-state index contributed by atoms with van der Waals surface area (Å²) in [6.07, 6.45) is -2.42. The first-order valence-electron chi connectivity index (χ1n) is 3.52. The smallest absolute Gasteiger partial charge is 0.298 e. The van der Waals surface area contributed by atoms with Crippen LogP contribution in [0.1, 0.15) is 20.7 Å². The number of halogens is 2. The molecule has 0 aromatic heterocycles. The van der Waals surface area contributed by atoms with Crippen LogP contribution < -0.4 is 0 Å². The minimum Gasteiger partial charge on any atom is -0.298 e. The molecule has 1 aromatic carbocycles. The van der Waals surface area contributed by atoms with Crippen molar-refractivity contribution >= 4 is 12.1 Å². The Morgan fingerprint density at radius 1 is 1.23 bits per heavy atom. The molecule has 0 unspecified atom stereocenters. The van der Waals surface area contributed by atoms with E-state index in [1.165, 1.54) is 24.3 Å². The molecule has 0 atom stereocenters. The fourth-order valence-electron chi connectivity index (χ4n) is 0.852. The van der Waals surface area contributed by atoms with Crippen LogP contribution in [-0.2, 0) is 0 Å². The van der Waals surface area contributed by atoms with Gasteiger partial charge in [0, 0.05) is 11.1 Å². The van der Waals surface area contributed by atoms with E-state index in [9.17, 15) is 18.4 Å². The van der Waals surface area contributed by atoms with Gasteiger partial charge in [-0.1, -0.05) is 24.3 Å². The predicted octanol–water partition coefficient (Wildman–Crippen LogP) is 1.95. The molecule has 13 heavy (non-hydrogen) atoms. The number of Topliss-reactive ketones (excluding diaryl/α,β-unsaturated/α-hetero) is 1. The molecule has 1 rings (SSSR count). The maximum Gasteiger partial charge on any atom is 0.300 e. The van der Waals surface area contributed by atoms with Crippen LogP contribution in [0.25, 0.3) is 0 Å². The molecule has 0 aliphatic carbocycles. The third-order valence-corrected chi connectivity index (χ3v) is 1.53. The number of aldehydes is 1. The highest BCUT2D eigenvalue weighted by Gasteiger charge is 2.16. The number of carbonyl (C=O) groups is 2. The SMILES string of the molecule is O=Cc1ccc(C(=O)C(F)F)cc1. The summed E-state index contributed by atoms with van der Waals surface area (Å²) in [7, 11) is 0. The molecule has 2 nitrogen and oxygen atoms in total. The van der Waals surface area contributed by atoms with Gasteiger partial charge in [-0.3, -0.25) is 9.59 Å². The third kappa shape index (κ3) is 2.18. The van der Waals surface area contributed by atoms with Crippen molar-refractivity contribution in [1.82, 2.24) is 0 Å². The van der Waals surface area contributed by atoms with Gasteiger partial charge in [0.05, 0.1) is 0 Å². The molecule has 0 saturated heterocycles. The van der Waals surface area contributed by atoms with Crippen LogP contribution in [0.2, 0.25) is 0 Å². The summed E-state index contributed by atoms with van der Waals surface area (Å²) in [5.41, 5.74) is 0.270. The van der Waals surface area contributed by atoms with Crippen molar-refractivity contribution in [2.45, 2.75) is 6.43 Å². The monoisotopic (exact) mass is 184 g/mol. The fourth-order valence-corrected chi connectivity index (χ4v) is 0.852. The molecule has 0 aliphatic heterocycles. The predicted molar refractivity (Wildman–Crippen MR) is 42.2 cm³/mol. The lowest BCUT2D eigenvalue weighted by molar-refractivity contribution is 0.0678. The van der Waals surface area contributed by atoms with Crippen molar-refractivity contribution in [3.05, 3.63) is 35.4 Å². The van der Waals surface area contributed by atoms with Crippen LogP contribution in [0.3, 0.4) is 0 Å². The van der Waals surface area contributed by atoms with Gasteiger partial charge >= 0.3 is 6.43 Å². The van der Waals surface area contributed by atoms with Gasteiger partial charge in [-0.2, -0.15) is 0 Å². The minimum absolute atomic E-state index is 0.0828. The van der Waals surface area contributed by atoms with Crippen LogP contribution in [-0.4, -0.2) is 18.5 Å². The Hall–Kier alpha value is -1.58. The maximum absolute atomic E-state index is 11.9. The van der Waals surface area contributed by atoms with Gasteiger partial charge in [0.1, 0.15) is 6.29 Å². The van der Waals surface area contributed by atoms with Gasteiger partial charge in [-0.05, 0) is 0 Å². The van der Waals surface area contributed by atoms with Gasteiger partial charge in [0.15, 0.2) is 0 Å². The molecule has 0 fully saturated rings. The Labute approximate surface area is 73.2 Å². The summed E-state index contributed by atoms with van der Waals surface area (Å²) in [4.78, 5) is 20.9. The third-order valence-electron chi connectivity index (χ3n) is 1.53. The number of carbonyl (C=O) groups excluding carboxylic acids is 2. The van der Waals surface area contributed by atoms with E-state index in [0.717, 1.165) is 0 Å². The molecule has 1 aromatic rings. The first-order chi connectivity index (χ1) is 6.15. The van der Waals surface area contributed by atoms with E-state index < -0.39 is 12.2 Å². The van der Waals surface area contributed by atoms with E-state index in [1.807, 2.05) is 0 Å². The van der Waals surface area contributed by atoms with Crippen LogP contribution >= 0.6 is 0 Å². The molecule has 0 spiro atoms. The summed E-state index contributed by atoms with van der Waals surface area (Å²) in [6, 6.07) is 5.06. The van der Waals surface area contributed by atoms with Gasteiger partial charge in [0.2, 0.25) is 5.78 Å². The second-order valence-corrected chi connectivity index (χ2v) is 2.40. The Morgan fingerprint density at radius 3 is 2.15 bits per heavy atom. The summed E-state index contributed by atoms with van der Waals surface area (Å²) in [5, 5.41) is 0. The quantitative estimate of drug-likeness (QED) is 0.531. The molecule has 0 radical (unpaired) electrons. The van der Waals surface area contributed by atoms with E-state index in [2.05, 4.69) is 0 Å². The van der Waals surface area contributed by atoms with Crippen molar-refractivity contribution in [2.24, 2.45) is 0 Å². The largest absolute Gasteiger partial charge is 0.300 e. The average molecular weight is 184 g/mol. The summed E-state index contributed by atoms with van der Waals surface area (Å²) < 4.78 is 23.8. The zero-order chi connectivity index (χ0) is 9.84. The lowest BCUT2D eigenvalue weighted by Gasteiger charge is -1.98. The number of ketones is 1.